The highest BCUT2D eigenvalue weighted by atomic mass is 19.4. The summed E-state index contributed by atoms with van der Waals surface area (Å²) in [6, 6.07) is 10.2. The number of likely N-dealkylation sites (tertiary alicyclic amines) is 1. The Morgan fingerprint density at radius 2 is 1.67 bits per heavy atom. The third kappa shape index (κ3) is 12.0. The zero-order chi connectivity index (χ0) is 44.6. The number of nitrogens with one attached hydrogen (secondary N) is 5. The van der Waals surface area contributed by atoms with Gasteiger partial charge in [0.1, 0.15) is 11.6 Å². The molecule has 0 spiro atoms. The van der Waals surface area contributed by atoms with Crippen LogP contribution in [0.4, 0.5) is 29.1 Å². The van der Waals surface area contributed by atoms with E-state index >= 15 is 4.39 Å². The second-order valence-corrected chi connectivity index (χ2v) is 16.0. The number of aromatic amines is 1. The fourth-order valence-electron chi connectivity index (χ4n) is 6.79. The van der Waals surface area contributed by atoms with Crippen LogP contribution < -0.4 is 26.0 Å². The molecule has 2 aromatic heterocycles. The van der Waals surface area contributed by atoms with Crippen molar-refractivity contribution < 1.29 is 51.3 Å². The first kappa shape index (κ1) is 46.4. The number of pyridine rings is 1. The third-order valence-corrected chi connectivity index (χ3v) is 9.95. The average Bonchev–Trinajstić information content (AvgIpc) is 3.87. The van der Waals surface area contributed by atoms with Gasteiger partial charge in [-0.05, 0) is 47.7 Å². The molecule has 5 rings (SSSR count). The number of aromatic nitrogens is 3. The Kier molecular flexibility index (Phi) is 15.1. The molecule has 0 bridgehead atoms. The molecular weight excluding hydrogens is 805 g/mol. The zero-order valence-corrected chi connectivity index (χ0v) is 34.9. The van der Waals surface area contributed by atoms with Crippen molar-refractivity contribution in [2.75, 3.05) is 51.1 Å². The molecule has 1 fully saturated rings. The summed E-state index contributed by atoms with van der Waals surface area (Å²) >= 11 is 0. The van der Waals surface area contributed by atoms with E-state index in [1.54, 1.807) is 51.1 Å². The Hall–Kier alpha value is -5.63. The van der Waals surface area contributed by atoms with Crippen molar-refractivity contribution in [3.8, 4) is 28.1 Å². The topological polar surface area (TPSA) is 192 Å². The van der Waals surface area contributed by atoms with E-state index in [-0.39, 0.29) is 40.5 Å². The summed E-state index contributed by atoms with van der Waals surface area (Å²) in [5, 5.41) is 21.2. The van der Waals surface area contributed by atoms with Gasteiger partial charge < -0.3 is 45.2 Å². The van der Waals surface area contributed by atoms with Crippen molar-refractivity contribution in [3.63, 3.8) is 0 Å². The van der Waals surface area contributed by atoms with Crippen LogP contribution >= 0.6 is 0 Å². The molecule has 4 atom stereocenters. The molecule has 3 amide bonds. The quantitative estimate of drug-likeness (QED) is 0.0410. The Bertz CT molecular complexity index is 2130. The third-order valence-electron chi connectivity index (χ3n) is 9.95. The van der Waals surface area contributed by atoms with Crippen molar-refractivity contribution in [2.45, 2.75) is 65.9 Å². The summed E-state index contributed by atoms with van der Waals surface area (Å²) in [7, 11) is 2.90. The van der Waals surface area contributed by atoms with Crippen molar-refractivity contribution in [1.82, 2.24) is 30.5 Å². The number of H-pyrrole nitrogens is 1. The van der Waals surface area contributed by atoms with Gasteiger partial charge in [0.25, 0.3) is 5.91 Å². The summed E-state index contributed by atoms with van der Waals surface area (Å²) in [5.74, 6) is -3.35. The van der Waals surface area contributed by atoms with Crippen molar-refractivity contribution in [3.05, 3.63) is 78.1 Å². The first-order chi connectivity index (χ1) is 28.8. The number of benzene rings is 2. The normalized spacial score (nSPS) is 16.6. The van der Waals surface area contributed by atoms with E-state index in [1.165, 1.54) is 43.6 Å². The first-order valence-corrected chi connectivity index (χ1v) is 19.6. The van der Waals surface area contributed by atoms with Crippen LogP contribution in [0.3, 0.4) is 0 Å². The molecular formula is C42H52F4N8O7. The van der Waals surface area contributed by atoms with E-state index in [0.29, 0.717) is 55.6 Å². The molecule has 19 heteroatoms. The van der Waals surface area contributed by atoms with Crippen LogP contribution in [-0.2, 0) is 19.1 Å². The zero-order valence-electron chi connectivity index (χ0n) is 34.9. The number of rotatable bonds is 17. The van der Waals surface area contributed by atoms with Gasteiger partial charge in [0.05, 0.1) is 48.0 Å². The van der Waals surface area contributed by atoms with Crippen molar-refractivity contribution in [2.24, 2.45) is 17.3 Å². The van der Waals surface area contributed by atoms with Gasteiger partial charge in [0.15, 0.2) is 11.6 Å². The molecule has 15 nitrogen and oxygen atoms in total. The number of nitrogens with zero attached hydrogens (tertiary/aromatic N) is 3. The molecule has 330 valence electrons. The van der Waals surface area contributed by atoms with Gasteiger partial charge in [0, 0.05) is 50.8 Å². The fourth-order valence-corrected chi connectivity index (χ4v) is 6.79. The number of hydrogen-bond acceptors (Lipinski definition) is 11. The second-order valence-electron chi connectivity index (χ2n) is 16.0. The highest BCUT2D eigenvalue weighted by molar-refractivity contribution is 6.05. The lowest BCUT2D eigenvalue weighted by molar-refractivity contribution is -0.275. The summed E-state index contributed by atoms with van der Waals surface area (Å²) in [5.41, 5.74) is -0.0326. The number of anilines is 2. The lowest BCUT2D eigenvalue weighted by Gasteiger charge is -2.31. The van der Waals surface area contributed by atoms with E-state index in [1.807, 2.05) is 13.8 Å². The molecule has 4 aromatic rings. The molecule has 1 aliphatic rings. The highest BCUT2D eigenvalue weighted by Crippen LogP contribution is 2.40. The molecule has 1 saturated heterocycles. The second kappa shape index (κ2) is 19.8. The molecule has 2 aromatic carbocycles. The molecule has 1 aliphatic heterocycles. The molecule has 1 unspecified atom stereocenters. The number of imidazole rings is 1. The molecule has 6 N–H and O–H groups in total. The lowest BCUT2D eigenvalue weighted by atomic mass is 9.96. The Labute approximate surface area is 351 Å². The molecule has 3 heterocycles. The minimum atomic E-state index is -5.29. The van der Waals surface area contributed by atoms with E-state index < -0.39 is 53.3 Å². The maximum atomic E-state index is 15.9. The number of amides is 3. The molecule has 0 saturated carbocycles. The van der Waals surface area contributed by atoms with Crippen LogP contribution in [0.15, 0.2) is 60.9 Å². The van der Waals surface area contributed by atoms with Crippen LogP contribution in [0.1, 0.15) is 63.3 Å². The monoisotopic (exact) mass is 856 g/mol. The Morgan fingerprint density at radius 3 is 2.28 bits per heavy atom. The van der Waals surface area contributed by atoms with Crippen LogP contribution in [-0.4, -0.2) is 102 Å². The first-order valence-electron chi connectivity index (χ1n) is 19.6. The maximum Gasteiger partial charge on any atom is 0.573 e. The minimum Gasteiger partial charge on any atom is -0.402 e. The SMILES string of the molecule is COC[C@H]1C[C@@H](c2ncc(-c3ccc(-c4ccc(C(=O)Nc5ccc(NCCNC(=O)C(C)(C)C)nc5)c(F)c4OC(F)(F)F)cc3)[nH]2)N(C(=O)[C@@H](NC(O)OC)C(C)C)C1. The molecule has 0 aliphatic carbocycles. The largest absolute Gasteiger partial charge is 0.573 e. The Morgan fingerprint density at radius 1 is 0.967 bits per heavy atom. The lowest BCUT2D eigenvalue weighted by Crippen LogP contribution is -2.53. The van der Waals surface area contributed by atoms with Crippen LogP contribution in [0.25, 0.3) is 22.4 Å². The van der Waals surface area contributed by atoms with Gasteiger partial charge in [-0.1, -0.05) is 58.9 Å². The number of alkyl halides is 3. The number of ether oxygens (including phenoxy) is 3. The summed E-state index contributed by atoms with van der Waals surface area (Å²) < 4.78 is 71.4. The van der Waals surface area contributed by atoms with Crippen molar-refractivity contribution >= 4 is 29.2 Å². The number of aliphatic hydroxyl groups excluding tert-OH is 1. The smallest absolute Gasteiger partial charge is 0.402 e. The number of carbonyl (C=O) groups is 3. The number of halogens is 4. The van der Waals surface area contributed by atoms with E-state index in [4.69, 9.17) is 9.47 Å². The minimum absolute atomic E-state index is 0.0101. The van der Waals surface area contributed by atoms with Crippen molar-refractivity contribution in [1.29, 1.82) is 0 Å². The highest BCUT2D eigenvalue weighted by Gasteiger charge is 2.41. The predicted molar refractivity (Wildman–Crippen MR) is 218 cm³/mol. The van der Waals surface area contributed by atoms with E-state index in [0.717, 1.165) is 6.07 Å². The number of carbonyl (C=O) groups excluding carboxylic acids is 3. The van der Waals surface area contributed by atoms with Gasteiger partial charge in [-0.2, -0.15) is 0 Å². The standard InChI is InChI=1S/C42H52F4N8O7/c1-23(2)34(53-40(58)60-7)38(56)54-21-24(22-59-6)18-31(54)36-50-20-30(52-36)26-10-8-25(9-11-26)28-13-14-29(33(43)35(28)61-42(44,45)46)37(55)51-27-12-15-32(49-19-27)47-16-17-48-39(57)41(3,4)5/h8-15,19-20,23-24,31,34,40,53,58H,16-18,21-22H2,1-7H3,(H,47,49)(H,48,57)(H,50,52)(H,51,55)/t24-,31-,34-,40?/m0/s1. The predicted octanol–water partition coefficient (Wildman–Crippen LogP) is 6.08. The van der Waals surface area contributed by atoms with E-state index in [2.05, 4.69) is 41.0 Å². The maximum absolute atomic E-state index is 15.9. The summed E-state index contributed by atoms with van der Waals surface area (Å²) in [4.78, 5) is 52.7. The van der Waals surface area contributed by atoms with Crippen LogP contribution in [0.5, 0.6) is 5.75 Å². The number of methoxy groups -OCH3 is 2. The van der Waals surface area contributed by atoms with Gasteiger partial charge >= 0.3 is 6.36 Å². The Balaban J connectivity index is 1.32. The van der Waals surface area contributed by atoms with Gasteiger partial charge in [0.2, 0.25) is 18.2 Å². The van der Waals surface area contributed by atoms with E-state index in [9.17, 15) is 32.7 Å². The fraction of sp³-hybridized carbons (Fsp3) is 0.452. The van der Waals surface area contributed by atoms with Crippen LogP contribution in [0, 0.1) is 23.1 Å². The average molecular weight is 857 g/mol. The van der Waals surface area contributed by atoms with Crippen LogP contribution in [0.2, 0.25) is 0 Å². The number of aliphatic hydroxyl groups is 1. The summed E-state index contributed by atoms with van der Waals surface area (Å²) in [6.07, 6.45) is -3.23. The molecule has 61 heavy (non-hydrogen) atoms. The van der Waals surface area contributed by atoms with Gasteiger partial charge in [-0.25, -0.2) is 14.4 Å². The van der Waals surface area contributed by atoms with Gasteiger partial charge in [-0.15, -0.1) is 13.2 Å². The van der Waals surface area contributed by atoms with Gasteiger partial charge in [-0.3, -0.25) is 19.7 Å². The number of hydrogen-bond donors (Lipinski definition) is 6. The molecule has 0 radical (unpaired) electrons. The summed E-state index contributed by atoms with van der Waals surface area (Å²) in [6.45, 7) is 10.6.